The Balaban J connectivity index is 2.31. The summed E-state index contributed by atoms with van der Waals surface area (Å²) in [6.07, 6.45) is 0. The van der Waals surface area contributed by atoms with Crippen LogP contribution in [0.4, 0.5) is 10.1 Å². The van der Waals surface area contributed by atoms with Crippen LogP contribution in [0, 0.1) is 19.7 Å². The Bertz CT molecular complexity index is 640. The van der Waals surface area contributed by atoms with Gasteiger partial charge in [0.05, 0.1) is 5.56 Å². The van der Waals surface area contributed by atoms with Crippen molar-refractivity contribution in [3.8, 4) is 0 Å². The van der Waals surface area contributed by atoms with Gasteiger partial charge in [0.2, 0.25) is 0 Å². The van der Waals surface area contributed by atoms with E-state index >= 15 is 0 Å². The Morgan fingerprint density at radius 2 is 1.89 bits per heavy atom. The van der Waals surface area contributed by atoms with Crippen molar-refractivity contribution in [3.63, 3.8) is 0 Å². The second-order valence-electron chi connectivity index (χ2n) is 4.35. The predicted molar refractivity (Wildman–Crippen MR) is 78.0 cm³/mol. The summed E-state index contributed by atoms with van der Waals surface area (Å²) >= 11 is 3.34. The number of rotatable bonds is 2. The van der Waals surface area contributed by atoms with Gasteiger partial charge >= 0.3 is 0 Å². The van der Waals surface area contributed by atoms with Gasteiger partial charge in [-0.05, 0) is 43.2 Å². The van der Waals surface area contributed by atoms with Gasteiger partial charge in [0.15, 0.2) is 0 Å². The fourth-order valence-corrected chi connectivity index (χ4v) is 2.10. The minimum atomic E-state index is -0.479. The standard InChI is InChI=1S/C15H13BrFNO/c1-9-6-7-11(16)8-13(9)18-15(19)12-5-3-4-10(2)14(12)17/h3-8H,1-2H3,(H,18,19). The number of halogens is 2. The van der Waals surface area contributed by atoms with E-state index in [1.807, 2.05) is 19.1 Å². The lowest BCUT2D eigenvalue weighted by atomic mass is 10.1. The van der Waals surface area contributed by atoms with E-state index in [2.05, 4.69) is 21.2 Å². The number of nitrogens with one attached hydrogen (secondary N) is 1. The van der Waals surface area contributed by atoms with Gasteiger partial charge in [-0.1, -0.05) is 34.1 Å². The Morgan fingerprint density at radius 3 is 2.63 bits per heavy atom. The van der Waals surface area contributed by atoms with Crippen molar-refractivity contribution in [1.29, 1.82) is 0 Å². The molecule has 0 fully saturated rings. The van der Waals surface area contributed by atoms with Crippen molar-refractivity contribution < 1.29 is 9.18 Å². The van der Waals surface area contributed by atoms with Crippen LogP contribution >= 0.6 is 15.9 Å². The molecule has 2 rings (SSSR count). The summed E-state index contributed by atoms with van der Waals surface area (Å²) in [5.41, 5.74) is 2.10. The molecular formula is C15H13BrFNO. The second kappa shape index (κ2) is 5.53. The lowest BCUT2D eigenvalue weighted by Gasteiger charge is -2.10. The first-order valence-corrected chi connectivity index (χ1v) is 6.61. The highest BCUT2D eigenvalue weighted by Gasteiger charge is 2.14. The highest BCUT2D eigenvalue weighted by molar-refractivity contribution is 9.10. The molecule has 4 heteroatoms. The van der Waals surface area contributed by atoms with Gasteiger partial charge < -0.3 is 5.32 Å². The Morgan fingerprint density at radius 1 is 1.16 bits per heavy atom. The van der Waals surface area contributed by atoms with E-state index in [0.29, 0.717) is 11.3 Å². The first-order chi connectivity index (χ1) is 8.99. The maximum atomic E-state index is 13.9. The highest BCUT2D eigenvalue weighted by atomic mass is 79.9. The molecule has 1 amide bonds. The number of aryl methyl sites for hydroxylation is 2. The lowest BCUT2D eigenvalue weighted by Crippen LogP contribution is -2.15. The molecule has 0 spiro atoms. The van der Waals surface area contributed by atoms with Crippen LogP contribution in [0.15, 0.2) is 40.9 Å². The first-order valence-electron chi connectivity index (χ1n) is 5.81. The average Bonchev–Trinajstić information content (AvgIpc) is 2.37. The van der Waals surface area contributed by atoms with Gasteiger partial charge in [0, 0.05) is 10.2 Å². The number of benzene rings is 2. The molecule has 2 nitrogen and oxygen atoms in total. The Hall–Kier alpha value is -1.68. The molecule has 0 aliphatic carbocycles. The van der Waals surface area contributed by atoms with Crippen LogP contribution in [-0.2, 0) is 0 Å². The smallest absolute Gasteiger partial charge is 0.258 e. The topological polar surface area (TPSA) is 29.1 Å². The zero-order chi connectivity index (χ0) is 14.0. The molecule has 2 aromatic carbocycles. The lowest BCUT2D eigenvalue weighted by molar-refractivity contribution is 0.102. The van der Waals surface area contributed by atoms with Crippen molar-refractivity contribution in [2.24, 2.45) is 0 Å². The summed E-state index contributed by atoms with van der Waals surface area (Å²) in [4.78, 5) is 12.1. The third-order valence-electron chi connectivity index (χ3n) is 2.88. The van der Waals surface area contributed by atoms with Crippen molar-refractivity contribution >= 4 is 27.5 Å². The molecule has 0 atom stereocenters. The fraction of sp³-hybridized carbons (Fsp3) is 0.133. The third-order valence-corrected chi connectivity index (χ3v) is 3.38. The van der Waals surface area contributed by atoms with Gasteiger partial charge in [-0.15, -0.1) is 0 Å². The molecule has 0 radical (unpaired) electrons. The van der Waals surface area contributed by atoms with Crippen LogP contribution in [0.3, 0.4) is 0 Å². The van der Waals surface area contributed by atoms with Crippen LogP contribution in [0.25, 0.3) is 0 Å². The Kier molecular flexibility index (Phi) is 4.00. The van der Waals surface area contributed by atoms with Crippen LogP contribution in [-0.4, -0.2) is 5.91 Å². The molecule has 2 aromatic rings. The largest absolute Gasteiger partial charge is 0.322 e. The number of carbonyl (C=O) groups excluding carboxylic acids is 1. The molecule has 98 valence electrons. The maximum absolute atomic E-state index is 13.9. The van der Waals surface area contributed by atoms with E-state index in [1.54, 1.807) is 25.1 Å². The molecule has 0 aliphatic rings. The van der Waals surface area contributed by atoms with Crippen molar-refractivity contribution in [2.75, 3.05) is 5.32 Å². The fourth-order valence-electron chi connectivity index (χ4n) is 1.74. The summed E-state index contributed by atoms with van der Waals surface area (Å²) in [5.74, 6) is -0.921. The zero-order valence-electron chi connectivity index (χ0n) is 10.6. The SMILES string of the molecule is Cc1ccc(Br)cc1NC(=O)c1cccc(C)c1F. The van der Waals surface area contributed by atoms with Gasteiger partial charge in [-0.25, -0.2) is 4.39 Å². The van der Waals surface area contributed by atoms with E-state index in [1.165, 1.54) is 6.07 Å². The van der Waals surface area contributed by atoms with E-state index < -0.39 is 11.7 Å². The number of amides is 1. The van der Waals surface area contributed by atoms with Crippen LogP contribution < -0.4 is 5.32 Å². The molecule has 0 aliphatic heterocycles. The minimum Gasteiger partial charge on any atom is -0.322 e. The molecule has 0 aromatic heterocycles. The van der Waals surface area contributed by atoms with Crippen molar-refractivity contribution in [1.82, 2.24) is 0 Å². The molecule has 1 N–H and O–H groups in total. The summed E-state index contributed by atoms with van der Waals surface area (Å²) < 4.78 is 14.7. The molecular weight excluding hydrogens is 309 g/mol. The predicted octanol–water partition coefficient (Wildman–Crippen LogP) is 4.46. The van der Waals surface area contributed by atoms with Crippen LogP contribution in [0.1, 0.15) is 21.5 Å². The molecule has 0 heterocycles. The molecule has 0 saturated heterocycles. The summed E-state index contributed by atoms with van der Waals surface area (Å²) in [5, 5.41) is 2.73. The van der Waals surface area contributed by atoms with Gasteiger partial charge in [0.1, 0.15) is 5.82 Å². The normalized spacial score (nSPS) is 10.3. The van der Waals surface area contributed by atoms with Gasteiger partial charge in [-0.3, -0.25) is 4.79 Å². The quantitative estimate of drug-likeness (QED) is 0.869. The van der Waals surface area contributed by atoms with E-state index in [-0.39, 0.29) is 5.56 Å². The number of hydrogen-bond acceptors (Lipinski definition) is 1. The molecule has 0 bridgehead atoms. The van der Waals surface area contributed by atoms with Gasteiger partial charge in [-0.2, -0.15) is 0 Å². The second-order valence-corrected chi connectivity index (χ2v) is 5.27. The maximum Gasteiger partial charge on any atom is 0.258 e. The summed E-state index contributed by atoms with van der Waals surface area (Å²) in [6, 6.07) is 10.3. The average molecular weight is 322 g/mol. The number of hydrogen-bond donors (Lipinski definition) is 1. The first kappa shape index (κ1) is 13.7. The van der Waals surface area contributed by atoms with E-state index in [9.17, 15) is 9.18 Å². The third kappa shape index (κ3) is 3.01. The van der Waals surface area contributed by atoms with E-state index in [4.69, 9.17) is 0 Å². The van der Waals surface area contributed by atoms with Crippen LogP contribution in [0.2, 0.25) is 0 Å². The molecule has 19 heavy (non-hydrogen) atoms. The van der Waals surface area contributed by atoms with Crippen molar-refractivity contribution in [2.45, 2.75) is 13.8 Å². The zero-order valence-corrected chi connectivity index (χ0v) is 12.2. The van der Waals surface area contributed by atoms with E-state index in [0.717, 1.165) is 10.0 Å². The van der Waals surface area contributed by atoms with Crippen molar-refractivity contribution in [3.05, 3.63) is 63.4 Å². The molecule has 0 unspecified atom stereocenters. The number of anilines is 1. The Labute approximate surface area is 119 Å². The monoisotopic (exact) mass is 321 g/mol. The highest BCUT2D eigenvalue weighted by Crippen LogP contribution is 2.22. The minimum absolute atomic E-state index is 0.0550. The summed E-state index contributed by atoms with van der Waals surface area (Å²) in [6.45, 7) is 3.52. The van der Waals surface area contributed by atoms with Gasteiger partial charge in [0.25, 0.3) is 5.91 Å². The van der Waals surface area contributed by atoms with Crippen LogP contribution in [0.5, 0.6) is 0 Å². The number of carbonyl (C=O) groups is 1. The molecule has 0 saturated carbocycles. The summed E-state index contributed by atoms with van der Waals surface area (Å²) in [7, 11) is 0.